The summed E-state index contributed by atoms with van der Waals surface area (Å²) in [6.07, 6.45) is 9.93. The lowest BCUT2D eigenvalue weighted by Crippen LogP contribution is -2.36. The van der Waals surface area contributed by atoms with Crippen LogP contribution in [0.25, 0.3) is 0 Å². The van der Waals surface area contributed by atoms with Crippen LogP contribution in [0.2, 0.25) is 0 Å². The lowest BCUT2D eigenvalue weighted by atomic mass is 9.75. The van der Waals surface area contributed by atoms with Crippen LogP contribution in [-0.2, 0) is 4.74 Å². The van der Waals surface area contributed by atoms with Gasteiger partial charge in [0.25, 0.3) is 0 Å². The fourth-order valence-electron chi connectivity index (χ4n) is 3.69. The first-order valence-electron chi connectivity index (χ1n) is 7.19. The van der Waals surface area contributed by atoms with Gasteiger partial charge in [-0.15, -0.1) is 6.58 Å². The molecule has 1 saturated heterocycles. The van der Waals surface area contributed by atoms with Crippen molar-refractivity contribution in [3.8, 4) is 0 Å². The molecular formula is C17H22O. The molecule has 1 heteroatoms. The van der Waals surface area contributed by atoms with Crippen molar-refractivity contribution < 1.29 is 4.74 Å². The second-order valence-corrected chi connectivity index (χ2v) is 5.72. The smallest absolute Gasteiger partial charge is 0.0839 e. The van der Waals surface area contributed by atoms with Crippen molar-refractivity contribution in [3.05, 3.63) is 48.6 Å². The monoisotopic (exact) mass is 242 g/mol. The molecule has 1 spiro atoms. The highest BCUT2D eigenvalue weighted by Crippen LogP contribution is 2.51. The van der Waals surface area contributed by atoms with E-state index in [4.69, 9.17) is 4.74 Å². The Bertz CT molecular complexity index is 403. The molecule has 1 saturated carbocycles. The fourth-order valence-corrected chi connectivity index (χ4v) is 3.69. The summed E-state index contributed by atoms with van der Waals surface area (Å²) in [6, 6.07) is 10.7. The summed E-state index contributed by atoms with van der Waals surface area (Å²) in [6.45, 7) is 4.04. The Morgan fingerprint density at radius 2 is 1.83 bits per heavy atom. The number of ether oxygens (including phenoxy) is 1. The van der Waals surface area contributed by atoms with E-state index in [1.807, 2.05) is 0 Å². The molecule has 0 bridgehead atoms. The van der Waals surface area contributed by atoms with Gasteiger partial charge >= 0.3 is 0 Å². The van der Waals surface area contributed by atoms with Gasteiger partial charge in [0.1, 0.15) is 0 Å². The van der Waals surface area contributed by atoms with E-state index in [-0.39, 0.29) is 11.7 Å². The molecule has 1 heterocycles. The van der Waals surface area contributed by atoms with Crippen molar-refractivity contribution in [2.75, 3.05) is 0 Å². The number of benzene rings is 1. The minimum absolute atomic E-state index is 0.0977. The average Bonchev–Trinajstić information content (AvgIpc) is 2.79. The van der Waals surface area contributed by atoms with Crippen LogP contribution in [0.4, 0.5) is 0 Å². The normalized spacial score (nSPS) is 30.4. The van der Waals surface area contributed by atoms with E-state index < -0.39 is 0 Å². The number of hydrogen-bond donors (Lipinski definition) is 0. The molecule has 1 aromatic rings. The van der Waals surface area contributed by atoms with E-state index in [1.165, 1.54) is 37.7 Å². The Morgan fingerprint density at radius 3 is 2.50 bits per heavy atom. The Kier molecular flexibility index (Phi) is 3.25. The highest BCUT2D eigenvalue weighted by Gasteiger charge is 2.47. The zero-order valence-electron chi connectivity index (χ0n) is 11.0. The molecule has 2 aliphatic rings. The molecule has 0 unspecified atom stereocenters. The molecule has 0 radical (unpaired) electrons. The van der Waals surface area contributed by atoms with Gasteiger partial charge in [-0.1, -0.05) is 55.7 Å². The van der Waals surface area contributed by atoms with Gasteiger partial charge in [0, 0.05) is 5.92 Å². The largest absolute Gasteiger partial charge is 0.366 e. The Morgan fingerprint density at radius 1 is 1.11 bits per heavy atom. The zero-order valence-corrected chi connectivity index (χ0v) is 11.0. The third kappa shape index (κ3) is 2.01. The molecule has 0 amide bonds. The first-order valence-corrected chi connectivity index (χ1v) is 7.19. The summed E-state index contributed by atoms with van der Waals surface area (Å²) in [5.41, 5.74) is 1.42. The van der Waals surface area contributed by atoms with Crippen molar-refractivity contribution in [1.29, 1.82) is 0 Å². The lowest BCUT2D eigenvalue weighted by molar-refractivity contribution is -0.0761. The van der Waals surface area contributed by atoms with Gasteiger partial charge in [-0.3, -0.25) is 0 Å². The van der Waals surface area contributed by atoms with Crippen molar-refractivity contribution >= 4 is 0 Å². The topological polar surface area (TPSA) is 9.23 Å². The highest BCUT2D eigenvalue weighted by atomic mass is 16.5. The van der Waals surface area contributed by atoms with Crippen molar-refractivity contribution in [2.24, 2.45) is 5.92 Å². The number of hydrogen-bond acceptors (Lipinski definition) is 1. The molecule has 3 rings (SSSR count). The molecule has 96 valence electrons. The average molecular weight is 242 g/mol. The van der Waals surface area contributed by atoms with Gasteiger partial charge in [-0.2, -0.15) is 0 Å². The van der Waals surface area contributed by atoms with Gasteiger partial charge < -0.3 is 4.74 Å². The predicted molar refractivity (Wildman–Crippen MR) is 74.4 cm³/mol. The lowest BCUT2D eigenvalue weighted by Gasteiger charge is -2.37. The molecule has 1 aliphatic heterocycles. The molecule has 2 atom stereocenters. The van der Waals surface area contributed by atoms with Crippen LogP contribution < -0.4 is 0 Å². The van der Waals surface area contributed by atoms with Gasteiger partial charge in [0.05, 0.1) is 11.7 Å². The van der Waals surface area contributed by atoms with E-state index in [0.29, 0.717) is 5.92 Å². The molecular weight excluding hydrogens is 220 g/mol. The van der Waals surface area contributed by atoms with Crippen molar-refractivity contribution in [3.63, 3.8) is 0 Å². The van der Waals surface area contributed by atoms with E-state index in [2.05, 4.69) is 43.0 Å². The number of rotatable bonds is 2. The fraction of sp³-hybridized carbons (Fsp3) is 0.529. The molecule has 18 heavy (non-hydrogen) atoms. The van der Waals surface area contributed by atoms with Crippen LogP contribution in [0.1, 0.15) is 50.2 Å². The van der Waals surface area contributed by atoms with Crippen LogP contribution in [0.15, 0.2) is 43.0 Å². The maximum atomic E-state index is 6.51. The van der Waals surface area contributed by atoms with Gasteiger partial charge in [0.15, 0.2) is 0 Å². The molecule has 1 aliphatic carbocycles. The quantitative estimate of drug-likeness (QED) is 0.686. The van der Waals surface area contributed by atoms with Crippen molar-refractivity contribution in [1.82, 2.24) is 0 Å². The Labute approximate surface area is 110 Å². The van der Waals surface area contributed by atoms with Gasteiger partial charge in [0.2, 0.25) is 0 Å². The Balaban J connectivity index is 1.83. The standard InChI is InChI=1S/C17H22O/c1-2-15-13-16(14-9-5-3-6-10-14)18-17(15)11-7-4-8-12-17/h2-3,5-6,9-10,15-16H,1,4,7-8,11-13H2/t15-,16-/m1/s1. The molecule has 1 aromatic carbocycles. The molecule has 2 fully saturated rings. The van der Waals surface area contributed by atoms with Crippen LogP contribution >= 0.6 is 0 Å². The van der Waals surface area contributed by atoms with E-state index in [9.17, 15) is 0 Å². The van der Waals surface area contributed by atoms with Crippen LogP contribution in [0.5, 0.6) is 0 Å². The summed E-state index contributed by atoms with van der Waals surface area (Å²) < 4.78 is 6.51. The maximum Gasteiger partial charge on any atom is 0.0839 e. The van der Waals surface area contributed by atoms with E-state index >= 15 is 0 Å². The first-order chi connectivity index (χ1) is 8.84. The predicted octanol–water partition coefficient (Wildman–Crippen LogP) is 4.65. The third-order valence-electron chi connectivity index (χ3n) is 4.68. The summed E-state index contributed by atoms with van der Waals surface area (Å²) >= 11 is 0. The maximum absolute atomic E-state index is 6.51. The Hall–Kier alpha value is -1.08. The summed E-state index contributed by atoms with van der Waals surface area (Å²) in [7, 11) is 0. The van der Waals surface area contributed by atoms with E-state index in [0.717, 1.165) is 6.42 Å². The first kappa shape index (κ1) is 12.0. The molecule has 1 nitrogen and oxygen atoms in total. The van der Waals surface area contributed by atoms with Crippen LogP contribution in [0, 0.1) is 5.92 Å². The SMILES string of the molecule is C=C[C@@H]1C[C@H](c2ccccc2)OC12CCCCC2. The summed E-state index contributed by atoms with van der Waals surface area (Å²) in [5, 5.41) is 0. The second kappa shape index (κ2) is 4.89. The second-order valence-electron chi connectivity index (χ2n) is 5.72. The zero-order chi connectivity index (χ0) is 12.4. The van der Waals surface area contributed by atoms with Gasteiger partial charge in [-0.25, -0.2) is 0 Å². The summed E-state index contributed by atoms with van der Waals surface area (Å²) in [4.78, 5) is 0. The van der Waals surface area contributed by atoms with Gasteiger partial charge in [-0.05, 0) is 24.8 Å². The molecule has 0 N–H and O–H groups in total. The third-order valence-corrected chi connectivity index (χ3v) is 4.68. The van der Waals surface area contributed by atoms with E-state index in [1.54, 1.807) is 0 Å². The van der Waals surface area contributed by atoms with Crippen LogP contribution in [-0.4, -0.2) is 5.60 Å². The molecule has 0 aromatic heterocycles. The minimum Gasteiger partial charge on any atom is -0.366 e. The minimum atomic E-state index is 0.0977. The van der Waals surface area contributed by atoms with Crippen LogP contribution in [0.3, 0.4) is 0 Å². The van der Waals surface area contributed by atoms with Crippen molar-refractivity contribution in [2.45, 2.75) is 50.2 Å². The summed E-state index contributed by atoms with van der Waals surface area (Å²) in [5.74, 6) is 0.531. The highest BCUT2D eigenvalue weighted by molar-refractivity contribution is 5.21.